The van der Waals surface area contributed by atoms with Crippen LogP contribution in [0.3, 0.4) is 0 Å². The molecule has 0 radical (unpaired) electrons. The highest BCUT2D eigenvalue weighted by Gasteiger charge is 2.44. The number of hydroxylamine groups is 3. The lowest BCUT2D eigenvalue weighted by atomic mass is 10.1. The van der Waals surface area contributed by atoms with Crippen LogP contribution in [0.15, 0.2) is 119 Å². The summed E-state index contributed by atoms with van der Waals surface area (Å²) in [5.74, 6) is -0.0817. The molecule has 0 bridgehead atoms. The topological polar surface area (TPSA) is 128 Å². The number of nitrogens with zero attached hydrogens (tertiary/aromatic N) is 5. The lowest BCUT2D eigenvalue weighted by Gasteiger charge is -2.38. The van der Waals surface area contributed by atoms with Crippen molar-refractivity contribution in [2.24, 2.45) is 15.7 Å². The van der Waals surface area contributed by atoms with Crippen LogP contribution in [0.4, 0.5) is 19.0 Å². The first-order valence-electron chi connectivity index (χ1n) is 12.2. The number of pyridine rings is 1. The number of hydrogen-bond acceptors (Lipinski definition) is 8. The molecule has 1 aromatic heterocycles. The standard InChI is InChI=1S/C28H20F3N7O3/c1-16-13-37-14-19(6-7-21(37)15-41-16)26-36-23(24-25(32)34-10-11-38(24,26)40)17-2-4-18(5-3-17)27(39)35-22-12-20(8-9-33-22)28(29,30)31/h2-15H,1H3,(H2,32,34)(H,33,35,39). The molecule has 0 saturated carbocycles. The Morgan fingerprint density at radius 3 is 2.68 bits per heavy atom. The summed E-state index contributed by atoms with van der Waals surface area (Å²) in [4.78, 5) is 27.1. The van der Waals surface area contributed by atoms with E-state index in [4.69, 9.17) is 10.5 Å². The van der Waals surface area contributed by atoms with E-state index in [1.165, 1.54) is 24.5 Å². The maximum absolute atomic E-state index is 14.2. The second-order valence-electron chi connectivity index (χ2n) is 9.29. The van der Waals surface area contributed by atoms with Gasteiger partial charge in [-0.15, -0.1) is 0 Å². The number of nitrogens with one attached hydrogen (secondary N) is 1. The second kappa shape index (κ2) is 9.43. The lowest BCUT2D eigenvalue weighted by Crippen LogP contribution is -2.46. The largest absolute Gasteiger partial charge is 0.615 e. The fraction of sp³-hybridized carbons (Fsp3) is 0.0714. The number of alkyl halides is 3. The minimum Gasteiger partial charge on any atom is -0.615 e. The van der Waals surface area contributed by atoms with Crippen molar-refractivity contribution >= 4 is 29.1 Å². The summed E-state index contributed by atoms with van der Waals surface area (Å²) in [6, 6.07) is 7.62. The van der Waals surface area contributed by atoms with E-state index in [0.29, 0.717) is 16.9 Å². The van der Waals surface area contributed by atoms with Crippen LogP contribution in [-0.2, 0) is 10.9 Å². The zero-order chi connectivity index (χ0) is 28.9. The van der Waals surface area contributed by atoms with Crippen LogP contribution >= 0.6 is 0 Å². The summed E-state index contributed by atoms with van der Waals surface area (Å²) < 4.78 is 43.4. The molecule has 6 rings (SSSR count). The van der Waals surface area contributed by atoms with Gasteiger partial charge in [0.15, 0.2) is 5.84 Å². The zero-order valence-electron chi connectivity index (χ0n) is 21.3. The molecular formula is C28H20F3N7O3. The summed E-state index contributed by atoms with van der Waals surface area (Å²) >= 11 is 0. The molecule has 1 atom stereocenters. The Morgan fingerprint density at radius 1 is 1.15 bits per heavy atom. The molecule has 13 heteroatoms. The highest BCUT2D eigenvalue weighted by atomic mass is 19.4. The number of fused-ring (bicyclic) bond motifs is 2. The monoisotopic (exact) mass is 559 g/mol. The third kappa shape index (κ3) is 4.62. The van der Waals surface area contributed by atoms with Crippen molar-refractivity contribution in [2.75, 3.05) is 5.32 Å². The van der Waals surface area contributed by atoms with Gasteiger partial charge in [0.05, 0.1) is 23.0 Å². The molecule has 1 unspecified atom stereocenters. The van der Waals surface area contributed by atoms with Crippen molar-refractivity contribution in [3.05, 3.63) is 130 Å². The van der Waals surface area contributed by atoms with Gasteiger partial charge in [-0.1, -0.05) is 12.1 Å². The van der Waals surface area contributed by atoms with E-state index < -0.39 is 22.3 Å². The summed E-state index contributed by atoms with van der Waals surface area (Å²) in [5.41, 5.74) is 7.59. The Bertz CT molecular complexity index is 1730. The molecule has 206 valence electrons. The number of aliphatic imine (C=N–C) groups is 2. The smallest absolute Gasteiger partial charge is 0.416 e. The number of benzene rings is 1. The molecule has 4 aliphatic heterocycles. The van der Waals surface area contributed by atoms with Crippen LogP contribution in [0.1, 0.15) is 28.4 Å². The number of anilines is 1. The minimum absolute atomic E-state index is 0.00298. The van der Waals surface area contributed by atoms with Crippen LogP contribution in [0.5, 0.6) is 0 Å². The molecule has 0 aliphatic carbocycles. The van der Waals surface area contributed by atoms with Gasteiger partial charge < -0.3 is 25.9 Å². The first-order valence-corrected chi connectivity index (χ1v) is 12.2. The number of ether oxygens (including phenoxy) is 1. The van der Waals surface area contributed by atoms with Gasteiger partial charge in [0, 0.05) is 29.7 Å². The fourth-order valence-corrected chi connectivity index (χ4v) is 4.55. The number of carbonyl (C=O) groups excluding carboxylic acids is 1. The molecule has 0 saturated heterocycles. The van der Waals surface area contributed by atoms with Gasteiger partial charge in [-0.25, -0.2) is 14.6 Å². The maximum Gasteiger partial charge on any atom is 0.416 e. The zero-order valence-corrected chi connectivity index (χ0v) is 21.3. The number of halogens is 3. The van der Waals surface area contributed by atoms with Crippen LogP contribution in [-0.4, -0.2) is 32.1 Å². The van der Waals surface area contributed by atoms with Crippen molar-refractivity contribution in [1.29, 1.82) is 0 Å². The number of quaternary nitrogens is 1. The van der Waals surface area contributed by atoms with Crippen molar-refractivity contribution in [3.63, 3.8) is 0 Å². The molecule has 1 aromatic carbocycles. The van der Waals surface area contributed by atoms with Gasteiger partial charge in [0.1, 0.15) is 29.7 Å². The van der Waals surface area contributed by atoms with Crippen LogP contribution in [0.25, 0.3) is 5.70 Å². The van der Waals surface area contributed by atoms with Crippen molar-refractivity contribution in [3.8, 4) is 0 Å². The summed E-state index contributed by atoms with van der Waals surface area (Å²) in [7, 11) is 0. The van der Waals surface area contributed by atoms with Gasteiger partial charge in [-0.05, 0) is 43.3 Å². The predicted octanol–water partition coefficient (Wildman–Crippen LogP) is 5.08. The Morgan fingerprint density at radius 2 is 1.93 bits per heavy atom. The molecule has 0 spiro atoms. The van der Waals surface area contributed by atoms with E-state index in [9.17, 15) is 23.2 Å². The highest BCUT2D eigenvalue weighted by Crippen LogP contribution is 2.40. The summed E-state index contributed by atoms with van der Waals surface area (Å²) in [5, 5.41) is 16.6. The lowest BCUT2D eigenvalue weighted by molar-refractivity contribution is -0.678. The van der Waals surface area contributed by atoms with E-state index in [2.05, 4.69) is 20.3 Å². The molecule has 4 aliphatic rings. The number of amides is 1. The normalized spacial score (nSPS) is 21.2. The molecule has 2 aromatic rings. The van der Waals surface area contributed by atoms with Crippen molar-refractivity contribution < 1.29 is 27.3 Å². The van der Waals surface area contributed by atoms with Gasteiger partial charge in [0.25, 0.3) is 5.91 Å². The van der Waals surface area contributed by atoms with Gasteiger partial charge in [-0.2, -0.15) is 18.2 Å². The highest BCUT2D eigenvalue weighted by molar-refractivity contribution is 6.13. The third-order valence-electron chi connectivity index (χ3n) is 6.53. The van der Waals surface area contributed by atoms with Gasteiger partial charge in [-0.3, -0.25) is 4.79 Å². The predicted molar refractivity (Wildman–Crippen MR) is 144 cm³/mol. The number of rotatable bonds is 4. The third-order valence-corrected chi connectivity index (χ3v) is 6.53. The second-order valence-corrected chi connectivity index (χ2v) is 9.29. The Hall–Kier alpha value is -5.27. The number of hydrogen-bond donors (Lipinski definition) is 2. The number of carbonyl (C=O) groups is 1. The first-order chi connectivity index (χ1) is 19.5. The van der Waals surface area contributed by atoms with Crippen LogP contribution < -0.4 is 11.1 Å². The number of amidine groups is 2. The van der Waals surface area contributed by atoms with E-state index in [1.807, 2.05) is 4.90 Å². The first kappa shape index (κ1) is 26.0. The Kier molecular flexibility index (Phi) is 5.98. The molecule has 0 fully saturated rings. The molecular weight excluding hydrogens is 539 g/mol. The van der Waals surface area contributed by atoms with Crippen molar-refractivity contribution in [2.45, 2.75) is 13.1 Å². The van der Waals surface area contributed by atoms with Crippen LogP contribution in [0, 0.1) is 5.21 Å². The average molecular weight is 560 g/mol. The molecule has 3 N–H and O–H groups in total. The Balaban J connectivity index is 1.31. The van der Waals surface area contributed by atoms with Crippen LogP contribution in [0.2, 0.25) is 0 Å². The SMILES string of the molecule is CC1=CN2C=C(C3=NC(c4ccc(C(=O)Nc5cc(C(F)(F)F)ccn5)cc4)=C4C(N)=NC=C[N+]34[O-])C=CC2=CO1. The maximum atomic E-state index is 14.2. The molecule has 10 nitrogen and oxygen atoms in total. The average Bonchev–Trinajstić information content (AvgIpc) is 3.26. The Labute approximate surface area is 231 Å². The van der Waals surface area contributed by atoms with Gasteiger partial charge in [0.2, 0.25) is 11.5 Å². The van der Waals surface area contributed by atoms with Gasteiger partial charge >= 0.3 is 6.18 Å². The number of nitrogens with two attached hydrogens (primary N) is 1. The quantitative estimate of drug-likeness (QED) is 0.397. The fourth-order valence-electron chi connectivity index (χ4n) is 4.55. The van der Waals surface area contributed by atoms with E-state index >= 15 is 0 Å². The molecule has 41 heavy (non-hydrogen) atoms. The number of allylic oxidation sites excluding steroid dienone is 2. The van der Waals surface area contributed by atoms with Crippen molar-refractivity contribution in [1.82, 2.24) is 9.88 Å². The summed E-state index contributed by atoms with van der Waals surface area (Å²) in [6.45, 7) is 1.80. The summed E-state index contributed by atoms with van der Waals surface area (Å²) in [6.07, 6.45) is 7.74. The minimum atomic E-state index is -4.57. The van der Waals surface area contributed by atoms with E-state index in [1.54, 1.807) is 49.9 Å². The van der Waals surface area contributed by atoms with E-state index in [-0.39, 0.29) is 34.4 Å². The molecule has 1 amide bonds. The number of aromatic nitrogens is 1. The van der Waals surface area contributed by atoms with E-state index in [0.717, 1.165) is 24.0 Å². The molecule has 5 heterocycles.